The Balaban J connectivity index is 1.95. The third-order valence-electron chi connectivity index (χ3n) is 2.74. The highest BCUT2D eigenvalue weighted by molar-refractivity contribution is 9.10. The maximum Gasteiger partial charge on any atom is 0.417 e. The minimum Gasteiger partial charge on any atom is -0.408 e. The number of hydrogen-bond acceptors (Lipinski definition) is 4. The highest BCUT2D eigenvalue weighted by Gasteiger charge is 2.04. The van der Waals surface area contributed by atoms with Crippen LogP contribution in [0.5, 0.6) is 0 Å². The van der Waals surface area contributed by atoms with Crippen molar-refractivity contribution in [1.82, 2.24) is 9.97 Å². The third-order valence-corrected chi connectivity index (χ3v) is 3.57. The molecule has 0 amide bonds. The summed E-state index contributed by atoms with van der Waals surface area (Å²) in [5.41, 5.74) is 3.12. The number of halogens is 1. The van der Waals surface area contributed by atoms with E-state index in [4.69, 9.17) is 4.42 Å². The van der Waals surface area contributed by atoms with Crippen LogP contribution >= 0.6 is 15.9 Å². The largest absolute Gasteiger partial charge is 0.417 e. The first kappa shape index (κ1) is 12.0. The molecule has 19 heavy (non-hydrogen) atoms. The molecule has 0 bridgehead atoms. The van der Waals surface area contributed by atoms with E-state index in [-0.39, 0.29) is 0 Å². The van der Waals surface area contributed by atoms with Crippen LogP contribution in [0.3, 0.4) is 0 Å². The molecule has 3 aromatic rings. The number of oxazole rings is 1. The molecule has 0 aliphatic carbocycles. The Morgan fingerprint density at radius 2 is 2.21 bits per heavy atom. The van der Waals surface area contributed by atoms with E-state index >= 15 is 0 Å². The first-order valence-electron chi connectivity index (χ1n) is 5.64. The Bertz CT molecular complexity index is 807. The van der Waals surface area contributed by atoms with Crippen LogP contribution in [0.1, 0.15) is 5.56 Å². The highest BCUT2D eigenvalue weighted by Crippen LogP contribution is 2.22. The van der Waals surface area contributed by atoms with E-state index in [0.717, 1.165) is 21.5 Å². The summed E-state index contributed by atoms with van der Waals surface area (Å²) in [4.78, 5) is 18.0. The lowest BCUT2D eigenvalue weighted by Gasteiger charge is -2.06. The first-order chi connectivity index (χ1) is 9.11. The number of nitrogens with zero attached hydrogens (tertiary/aromatic N) is 1. The number of aromatic amines is 1. The molecule has 2 heterocycles. The van der Waals surface area contributed by atoms with Crippen molar-refractivity contribution in [2.24, 2.45) is 0 Å². The molecular formula is C13H10BrN3O2. The fraction of sp³-hybridized carbons (Fsp3) is 0.0769. The van der Waals surface area contributed by atoms with Crippen molar-refractivity contribution in [3.8, 4) is 0 Å². The molecule has 0 aliphatic rings. The van der Waals surface area contributed by atoms with E-state index in [0.29, 0.717) is 11.1 Å². The van der Waals surface area contributed by atoms with Crippen LogP contribution in [0.4, 0.5) is 11.5 Å². The lowest BCUT2D eigenvalue weighted by atomic mass is 10.2. The molecule has 0 aliphatic heterocycles. The Hall–Kier alpha value is -2.08. The number of pyridine rings is 1. The SMILES string of the molecule is Cc1cc(Nc2ccc3oc(=O)[nH]c3c2)ncc1Br. The van der Waals surface area contributed by atoms with E-state index < -0.39 is 5.76 Å². The third kappa shape index (κ3) is 2.39. The molecule has 2 N–H and O–H groups in total. The van der Waals surface area contributed by atoms with Gasteiger partial charge < -0.3 is 9.73 Å². The fourth-order valence-electron chi connectivity index (χ4n) is 1.79. The van der Waals surface area contributed by atoms with Crippen molar-refractivity contribution < 1.29 is 4.42 Å². The van der Waals surface area contributed by atoms with Gasteiger partial charge in [0.1, 0.15) is 5.82 Å². The molecular weight excluding hydrogens is 310 g/mol. The lowest BCUT2D eigenvalue weighted by molar-refractivity contribution is 0.555. The molecule has 0 spiro atoms. The van der Waals surface area contributed by atoms with Gasteiger partial charge >= 0.3 is 5.76 Å². The average Bonchev–Trinajstić information content (AvgIpc) is 2.73. The second-order valence-electron chi connectivity index (χ2n) is 4.17. The number of aromatic nitrogens is 2. The van der Waals surface area contributed by atoms with Gasteiger partial charge in [-0.2, -0.15) is 0 Å². The van der Waals surface area contributed by atoms with Crippen molar-refractivity contribution in [3.63, 3.8) is 0 Å². The van der Waals surface area contributed by atoms with Gasteiger partial charge in [0.05, 0.1) is 5.52 Å². The van der Waals surface area contributed by atoms with Gasteiger partial charge in [-0.05, 0) is 52.7 Å². The zero-order valence-electron chi connectivity index (χ0n) is 10.0. The van der Waals surface area contributed by atoms with Crippen molar-refractivity contribution in [2.75, 3.05) is 5.32 Å². The lowest BCUT2D eigenvalue weighted by Crippen LogP contribution is -1.95. The summed E-state index contributed by atoms with van der Waals surface area (Å²) in [5, 5.41) is 3.18. The number of H-pyrrole nitrogens is 1. The number of fused-ring (bicyclic) bond motifs is 1. The van der Waals surface area contributed by atoms with Crippen LogP contribution in [-0.2, 0) is 0 Å². The first-order valence-corrected chi connectivity index (χ1v) is 6.43. The predicted octanol–water partition coefficient (Wildman–Crippen LogP) is 3.33. The molecule has 0 saturated heterocycles. The number of aryl methyl sites for hydroxylation is 1. The Morgan fingerprint density at radius 1 is 1.37 bits per heavy atom. The predicted molar refractivity (Wildman–Crippen MR) is 76.8 cm³/mol. The van der Waals surface area contributed by atoms with Crippen molar-refractivity contribution >= 4 is 38.5 Å². The molecule has 1 aromatic carbocycles. The van der Waals surface area contributed by atoms with Gasteiger partial charge in [0.25, 0.3) is 0 Å². The molecule has 3 rings (SSSR count). The number of benzene rings is 1. The molecule has 6 heteroatoms. The van der Waals surface area contributed by atoms with Gasteiger partial charge in [-0.15, -0.1) is 0 Å². The molecule has 2 aromatic heterocycles. The van der Waals surface area contributed by atoms with E-state index in [1.54, 1.807) is 18.3 Å². The van der Waals surface area contributed by atoms with Crippen LogP contribution in [0.25, 0.3) is 11.1 Å². The number of anilines is 2. The van der Waals surface area contributed by atoms with Crippen LogP contribution in [-0.4, -0.2) is 9.97 Å². The van der Waals surface area contributed by atoms with E-state index in [2.05, 4.69) is 31.2 Å². The Labute approximate surface area is 116 Å². The van der Waals surface area contributed by atoms with Crippen LogP contribution in [0.15, 0.2) is 44.1 Å². The summed E-state index contributed by atoms with van der Waals surface area (Å²) < 4.78 is 5.91. The maximum atomic E-state index is 11.1. The smallest absolute Gasteiger partial charge is 0.408 e. The fourth-order valence-corrected chi connectivity index (χ4v) is 2.00. The van der Waals surface area contributed by atoms with Gasteiger partial charge in [0.15, 0.2) is 5.58 Å². The standard InChI is InChI=1S/C13H10BrN3O2/c1-7-4-12(15-6-9(7)14)16-8-2-3-11-10(5-8)17-13(18)19-11/h2-6H,1H3,(H,15,16)(H,17,18). The summed E-state index contributed by atoms with van der Waals surface area (Å²) >= 11 is 3.41. The number of hydrogen-bond donors (Lipinski definition) is 2. The maximum absolute atomic E-state index is 11.1. The average molecular weight is 320 g/mol. The molecule has 96 valence electrons. The molecule has 0 saturated carbocycles. The minimum atomic E-state index is -0.454. The molecule has 0 atom stereocenters. The summed E-state index contributed by atoms with van der Waals surface area (Å²) in [6, 6.07) is 7.31. The van der Waals surface area contributed by atoms with Gasteiger partial charge in [-0.3, -0.25) is 4.98 Å². The Kier molecular flexibility index (Phi) is 2.87. The van der Waals surface area contributed by atoms with E-state index in [1.165, 1.54) is 0 Å². The van der Waals surface area contributed by atoms with Gasteiger partial charge in [-0.1, -0.05) is 0 Å². The number of rotatable bonds is 2. The minimum absolute atomic E-state index is 0.454. The second-order valence-corrected chi connectivity index (χ2v) is 5.02. The zero-order chi connectivity index (χ0) is 13.4. The zero-order valence-corrected chi connectivity index (χ0v) is 11.6. The monoisotopic (exact) mass is 319 g/mol. The number of nitrogens with one attached hydrogen (secondary N) is 2. The highest BCUT2D eigenvalue weighted by atomic mass is 79.9. The molecule has 0 fully saturated rings. The van der Waals surface area contributed by atoms with Crippen molar-refractivity contribution in [1.29, 1.82) is 0 Å². The summed E-state index contributed by atoms with van der Waals surface area (Å²) in [7, 11) is 0. The van der Waals surface area contributed by atoms with Crippen LogP contribution in [0.2, 0.25) is 0 Å². The topological polar surface area (TPSA) is 70.9 Å². The molecule has 0 unspecified atom stereocenters. The molecule has 0 radical (unpaired) electrons. The van der Waals surface area contributed by atoms with Crippen molar-refractivity contribution in [3.05, 3.63) is 51.0 Å². The normalized spacial score (nSPS) is 10.8. The Morgan fingerprint density at radius 3 is 3.00 bits per heavy atom. The van der Waals surface area contributed by atoms with Crippen LogP contribution in [0, 0.1) is 6.92 Å². The quantitative estimate of drug-likeness (QED) is 0.760. The van der Waals surface area contributed by atoms with Crippen LogP contribution < -0.4 is 11.1 Å². The summed E-state index contributed by atoms with van der Waals surface area (Å²) in [6.07, 6.45) is 1.75. The summed E-state index contributed by atoms with van der Waals surface area (Å²) in [5.74, 6) is 0.288. The second kappa shape index (κ2) is 4.55. The molecule has 5 nitrogen and oxygen atoms in total. The van der Waals surface area contributed by atoms with E-state index in [1.807, 2.05) is 19.1 Å². The van der Waals surface area contributed by atoms with Gasteiger partial charge in [0.2, 0.25) is 0 Å². The van der Waals surface area contributed by atoms with E-state index in [9.17, 15) is 4.79 Å². The van der Waals surface area contributed by atoms with Gasteiger partial charge in [0, 0.05) is 16.4 Å². The summed E-state index contributed by atoms with van der Waals surface area (Å²) in [6.45, 7) is 1.99. The van der Waals surface area contributed by atoms with Crippen molar-refractivity contribution in [2.45, 2.75) is 6.92 Å². The van der Waals surface area contributed by atoms with Gasteiger partial charge in [-0.25, -0.2) is 9.78 Å².